The molecule has 1 aliphatic carbocycles. The van der Waals surface area contributed by atoms with Crippen molar-refractivity contribution in [2.24, 2.45) is 11.8 Å². The third-order valence-corrected chi connectivity index (χ3v) is 6.02. The van der Waals surface area contributed by atoms with Gasteiger partial charge in [-0.15, -0.1) is 0 Å². The van der Waals surface area contributed by atoms with Gasteiger partial charge in [-0.05, 0) is 58.1 Å². The summed E-state index contributed by atoms with van der Waals surface area (Å²) in [5.41, 5.74) is 8.07. The molecule has 0 aromatic heterocycles. The van der Waals surface area contributed by atoms with E-state index in [0.717, 1.165) is 12.8 Å². The zero-order chi connectivity index (χ0) is 18.0. The van der Waals surface area contributed by atoms with Crippen LogP contribution in [-0.4, -0.2) is 11.7 Å². The predicted octanol–water partition coefficient (Wildman–Crippen LogP) is 5.97. The van der Waals surface area contributed by atoms with Crippen LogP contribution in [0.1, 0.15) is 68.7 Å². The van der Waals surface area contributed by atoms with Gasteiger partial charge in [-0.2, -0.15) is 0 Å². The first kappa shape index (κ1) is 18.2. The van der Waals surface area contributed by atoms with Crippen LogP contribution in [0.15, 0.2) is 36.4 Å². The molecule has 3 rings (SSSR count). The average Bonchev–Trinajstić information content (AvgIpc) is 2.93. The standard InChI is InChI=1S/C24H32O/c1-5-16(3)11-18-7-9-20-21-10-8-19(12-17(4)6-2)14-23(21)24(15-25)22(20)13-18/h7-10,13-14,16-17,24-25H,5-6,11-12,15H2,1-4H3. The molecule has 0 amide bonds. The first-order valence-corrected chi connectivity index (χ1v) is 9.94. The maximum Gasteiger partial charge on any atom is 0.0540 e. The van der Waals surface area contributed by atoms with E-state index >= 15 is 0 Å². The van der Waals surface area contributed by atoms with E-state index in [0.29, 0.717) is 11.8 Å². The highest BCUT2D eigenvalue weighted by atomic mass is 16.3. The molecule has 134 valence electrons. The lowest BCUT2D eigenvalue weighted by Crippen LogP contribution is -2.05. The fraction of sp³-hybridized carbons (Fsp3) is 0.500. The van der Waals surface area contributed by atoms with Gasteiger partial charge in [0.05, 0.1) is 6.61 Å². The van der Waals surface area contributed by atoms with E-state index in [-0.39, 0.29) is 12.5 Å². The number of fused-ring (bicyclic) bond motifs is 3. The summed E-state index contributed by atoms with van der Waals surface area (Å²) in [6, 6.07) is 13.8. The maximum atomic E-state index is 10.1. The lowest BCUT2D eigenvalue weighted by Gasteiger charge is -2.14. The van der Waals surface area contributed by atoms with Crippen LogP contribution in [0, 0.1) is 11.8 Å². The Kier molecular flexibility index (Phi) is 5.64. The molecular weight excluding hydrogens is 304 g/mol. The normalized spacial score (nSPS) is 17.9. The van der Waals surface area contributed by atoms with Gasteiger partial charge in [0.25, 0.3) is 0 Å². The Labute approximate surface area is 153 Å². The van der Waals surface area contributed by atoms with E-state index in [4.69, 9.17) is 0 Å². The molecule has 0 bridgehead atoms. The van der Waals surface area contributed by atoms with Gasteiger partial charge in [0.1, 0.15) is 0 Å². The molecule has 2 unspecified atom stereocenters. The Morgan fingerprint density at radius 2 is 1.24 bits per heavy atom. The largest absolute Gasteiger partial charge is 0.395 e. The second-order valence-corrected chi connectivity index (χ2v) is 8.01. The first-order valence-electron chi connectivity index (χ1n) is 9.94. The summed E-state index contributed by atoms with van der Waals surface area (Å²) in [5.74, 6) is 1.55. The number of rotatable bonds is 7. The number of hydrogen-bond donors (Lipinski definition) is 1. The van der Waals surface area contributed by atoms with Gasteiger partial charge in [-0.1, -0.05) is 76.9 Å². The number of benzene rings is 2. The molecule has 0 radical (unpaired) electrons. The molecule has 0 aliphatic heterocycles. The van der Waals surface area contributed by atoms with Crippen LogP contribution in [0.4, 0.5) is 0 Å². The summed E-state index contributed by atoms with van der Waals surface area (Å²) < 4.78 is 0. The lowest BCUT2D eigenvalue weighted by molar-refractivity contribution is 0.282. The summed E-state index contributed by atoms with van der Waals surface area (Å²) in [5, 5.41) is 10.1. The SMILES string of the molecule is CCC(C)Cc1ccc2c(c1)C(CO)c1cc(CC(C)CC)ccc1-2. The highest BCUT2D eigenvalue weighted by Gasteiger charge is 2.28. The second-order valence-electron chi connectivity index (χ2n) is 8.01. The van der Waals surface area contributed by atoms with Crippen molar-refractivity contribution in [3.63, 3.8) is 0 Å². The minimum atomic E-state index is 0.138. The van der Waals surface area contributed by atoms with Gasteiger partial charge in [-0.25, -0.2) is 0 Å². The van der Waals surface area contributed by atoms with Crippen LogP contribution < -0.4 is 0 Å². The molecule has 1 aliphatic rings. The molecule has 1 N–H and O–H groups in total. The minimum Gasteiger partial charge on any atom is -0.395 e. The van der Waals surface area contributed by atoms with Crippen molar-refractivity contribution in [3.8, 4) is 11.1 Å². The van der Waals surface area contributed by atoms with E-state index in [1.165, 1.54) is 46.2 Å². The first-order chi connectivity index (χ1) is 12.1. The van der Waals surface area contributed by atoms with Crippen LogP contribution in [0.3, 0.4) is 0 Å². The molecule has 2 aromatic carbocycles. The van der Waals surface area contributed by atoms with E-state index in [2.05, 4.69) is 64.1 Å². The van der Waals surface area contributed by atoms with Crippen molar-refractivity contribution in [2.45, 2.75) is 59.3 Å². The summed E-state index contributed by atoms with van der Waals surface area (Å²) in [4.78, 5) is 0. The van der Waals surface area contributed by atoms with Gasteiger partial charge < -0.3 is 5.11 Å². The zero-order valence-electron chi connectivity index (χ0n) is 16.2. The quantitative estimate of drug-likeness (QED) is 0.660. The Balaban J connectivity index is 1.95. The molecule has 0 spiro atoms. The van der Waals surface area contributed by atoms with Gasteiger partial charge in [0, 0.05) is 5.92 Å². The molecule has 25 heavy (non-hydrogen) atoms. The Hall–Kier alpha value is -1.60. The highest BCUT2D eigenvalue weighted by Crippen LogP contribution is 2.45. The van der Waals surface area contributed by atoms with E-state index < -0.39 is 0 Å². The number of hydrogen-bond acceptors (Lipinski definition) is 1. The number of aliphatic hydroxyl groups is 1. The van der Waals surface area contributed by atoms with Crippen LogP contribution in [0.25, 0.3) is 11.1 Å². The van der Waals surface area contributed by atoms with Crippen molar-refractivity contribution >= 4 is 0 Å². The third kappa shape index (κ3) is 3.67. The lowest BCUT2D eigenvalue weighted by atomic mass is 9.92. The predicted molar refractivity (Wildman–Crippen MR) is 107 cm³/mol. The second kappa shape index (κ2) is 7.74. The van der Waals surface area contributed by atoms with Crippen LogP contribution in [0.2, 0.25) is 0 Å². The van der Waals surface area contributed by atoms with Crippen molar-refractivity contribution in [2.75, 3.05) is 6.61 Å². The molecular formula is C24H32O. The zero-order valence-corrected chi connectivity index (χ0v) is 16.2. The fourth-order valence-corrected chi connectivity index (χ4v) is 4.00. The highest BCUT2D eigenvalue weighted by molar-refractivity contribution is 5.79. The Bertz CT molecular complexity index is 669. The van der Waals surface area contributed by atoms with Gasteiger partial charge in [-0.3, -0.25) is 0 Å². The summed E-state index contributed by atoms with van der Waals surface area (Å²) in [6.45, 7) is 9.32. The van der Waals surface area contributed by atoms with Gasteiger partial charge in [0.2, 0.25) is 0 Å². The van der Waals surface area contributed by atoms with Crippen molar-refractivity contribution in [3.05, 3.63) is 58.7 Å². The number of aliphatic hydroxyl groups excluding tert-OH is 1. The van der Waals surface area contributed by atoms with Crippen LogP contribution in [-0.2, 0) is 12.8 Å². The summed E-state index contributed by atoms with van der Waals surface area (Å²) >= 11 is 0. The van der Waals surface area contributed by atoms with Gasteiger partial charge in [0.15, 0.2) is 0 Å². The fourth-order valence-electron chi connectivity index (χ4n) is 4.00. The third-order valence-electron chi connectivity index (χ3n) is 6.02. The van der Waals surface area contributed by atoms with Crippen molar-refractivity contribution in [1.82, 2.24) is 0 Å². The minimum absolute atomic E-state index is 0.138. The van der Waals surface area contributed by atoms with E-state index in [1.807, 2.05) is 0 Å². The summed E-state index contributed by atoms with van der Waals surface area (Å²) in [7, 11) is 0. The van der Waals surface area contributed by atoms with E-state index in [1.54, 1.807) is 0 Å². The molecule has 0 heterocycles. The van der Waals surface area contributed by atoms with Crippen molar-refractivity contribution in [1.29, 1.82) is 0 Å². The molecule has 2 atom stereocenters. The van der Waals surface area contributed by atoms with Crippen LogP contribution >= 0.6 is 0 Å². The van der Waals surface area contributed by atoms with Crippen molar-refractivity contribution < 1.29 is 5.11 Å². The molecule has 0 fully saturated rings. The van der Waals surface area contributed by atoms with Gasteiger partial charge >= 0.3 is 0 Å². The molecule has 0 saturated heterocycles. The Morgan fingerprint density at radius 1 is 0.800 bits per heavy atom. The summed E-state index contributed by atoms with van der Waals surface area (Å²) in [6.07, 6.45) is 4.66. The monoisotopic (exact) mass is 336 g/mol. The average molecular weight is 337 g/mol. The Morgan fingerprint density at radius 3 is 1.60 bits per heavy atom. The maximum absolute atomic E-state index is 10.1. The molecule has 2 aromatic rings. The smallest absolute Gasteiger partial charge is 0.0540 e. The molecule has 0 saturated carbocycles. The van der Waals surface area contributed by atoms with E-state index in [9.17, 15) is 5.11 Å². The molecule has 1 nitrogen and oxygen atoms in total. The topological polar surface area (TPSA) is 20.2 Å². The van der Waals surface area contributed by atoms with Crippen LogP contribution in [0.5, 0.6) is 0 Å². The molecule has 1 heteroatoms.